The molecule has 4 aliphatic carbocycles. The Morgan fingerprint density at radius 2 is 1.07 bits per heavy atom. The molecule has 2 aliphatic heterocycles. The second-order valence-corrected chi connectivity index (χ2v) is 24.8. The molecule has 0 aromatic carbocycles. The topological polar surface area (TPSA) is 177 Å². The zero-order valence-corrected chi connectivity index (χ0v) is 48.5. The molecule has 2 saturated heterocycles. The number of hydrogen-bond donors (Lipinski definition) is 0. The number of Topliss-reactive ketones (excluding diaryl/α,β-unsaturated/α-hetero) is 1. The number of amides is 3. The van der Waals surface area contributed by atoms with Crippen LogP contribution in [-0.2, 0) is 47.6 Å². The molecule has 4 fully saturated rings. The first-order valence-corrected chi connectivity index (χ1v) is 28.3. The molecule has 0 N–H and O–H groups in total. The minimum absolute atomic E-state index is 0.0248. The number of carbonyl (C=O) groups is 6. The van der Waals surface area contributed by atoms with Gasteiger partial charge in [0.05, 0.1) is 66.9 Å². The first-order chi connectivity index (χ1) is 39.1. The number of ether oxygens (including phenoxy) is 6. The molecule has 8 rings (SSSR count). The molecule has 6 aliphatic rings. The van der Waals surface area contributed by atoms with E-state index in [4.69, 9.17) is 40.8 Å². The zero-order valence-electron chi connectivity index (χ0n) is 53.7. The summed E-state index contributed by atoms with van der Waals surface area (Å²) in [4.78, 5) is 87.4. The highest BCUT2D eigenvalue weighted by molar-refractivity contribution is 14.1. The van der Waals surface area contributed by atoms with Gasteiger partial charge >= 0.3 is 11.9 Å². The third kappa shape index (κ3) is 15.0. The highest BCUT2D eigenvalue weighted by Gasteiger charge is 2.46. The van der Waals surface area contributed by atoms with Gasteiger partial charge in [-0.25, -0.2) is 14.7 Å². The van der Waals surface area contributed by atoms with E-state index in [2.05, 4.69) is 53.4 Å². The summed E-state index contributed by atoms with van der Waals surface area (Å²) >= 11 is 4.48. The predicted octanol–water partition coefficient (Wildman–Crippen LogP) is 11.5. The number of anilines is 2. The fourth-order valence-corrected chi connectivity index (χ4v) is 13.2. The fraction of sp³-hybridized carbons (Fsp3) is 0.679. The number of rotatable bonds is 10. The van der Waals surface area contributed by atoms with Crippen LogP contribution in [0.2, 0.25) is 0 Å². The molecule has 0 bridgehead atoms. The highest BCUT2D eigenvalue weighted by Crippen LogP contribution is 2.45. The van der Waals surface area contributed by atoms with Gasteiger partial charge in [-0.15, -0.1) is 22.7 Å². The molecule has 2 saturated carbocycles. The van der Waals surface area contributed by atoms with Crippen LogP contribution in [0.15, 0.2) is 35.4 Å². The standard InChI is InChI=1S/C27H37NO6S.C22H28INO5S.C7H15NO2/c1-17-6-8-18(9-7-17)24(30)28(19-10-12-27(13-11-19)33-14-15-34-27)20-16-21(23(29)26(2,3)4)35-22(20)25(31)32-5;1-14-3-5-15(6-4-14)20(25)24(17-13-18(23)30-19(17)21(26)27-2)16-7-9-22(10-8-16)28-11-12-29-22;1-7(2,3)6(9)8(4)10-5/h6,16,18-19H,7-15H2,1-5H3;3,13,15-16H,4-12H2,1-2H3;1-5H3/t18-;15-;/m00./s1/i2D3;;1D3,2D3. The molecular weight excluding hydrogens is 1110 g/mol. The van der Waals surface area contributed by atoms with Crippen molar-refractivity contribution < 1.29 is 74.4 Å². The Bertz CT molecular complexity index is 2750. The number of carbonyl (C=O) groups excluding carboxylic acids is 6. The Labute approximate surface area is 478 Å². The average molecular weight is 1200 g/mol. The van der Waals surface area contributed by atoms with Gasteiger partial charge in [0.25, 0.3) is 5.91 Å². The molecule has 4 heterocycles. The van der Waals surface area contributed by atoms with Crippen molar-refractivity contribution in [3.8, 4) is 0 Å². The summed E-state index contributed by atoms with van der Waals surface area (Å²) in [7, 11) is 4.95. The quantitative estimate of drug-likeness (QED) is 0.0722. The SMILES string of the molecule is COC(=O)c1sc(I)cc1N(C(=O)[C@H]1CC=C(C)CC1)C1CCC2(CC1)OCCO2.[2H]C([2H])([2H])C(C)(C(=O)N(C)OC)C([2H])([2H])[2H].[2H]C([2H])([2H])C(C)(C)C(=O)c1cc(N(C(=O)[C@H]2CC=C(C)CC2)C2CCC3(CC2)OCCO3)c(C(=O)OC)s1. The third-order valence-corrected chi connectivity index (χ3v) is 17.6. The van der Waals surface area contributed by atoms with E-state index in [9.17, 15) is 28.8 Å². The Hall–Kier alpha value is -3.57. The van der Waals surface area contributed by atoms with Crippen LogP contribution in [0.3, 0.4) is 0 Å². The summed E-state index contributed by atoms with van der Waals surface area (Å²) in [5.41, 5.74) is -0.538. The van der Waals surface area contributed by atoms with Crippen LogP contribution in [0.4, 0.5) is 11.4 Å². The van der Waals surface area contributed by atoms with Crippen LogP contribution in [0.5, 0.6) is 0 Å². The zero-order chi connectivity index (χ0) is 62.5. The van der Waals surface area contributed by atoms with E-state index < -0.39 is 60.6 Å². The normalized spacial score (nSPS) is 24.7. The maximum absolute atomic E-state index is 14.1. The first kappa shape index (κ1) is 48.5. The van der Waals surface area contributed by atoms with Crippen molar-refractivity contribution in [2.75, 3.05) is 64.6 Å². The highest BCUT2D eigenvalue weighted by atomic mass is 127. The van der Waals surface area contributed by atoms with Gasteiger partial charge in [-0.3, -0.25) is 24.0 Å². The number of thiophene rings is 2. The van der Waals surface area contributed by atoms with Gasteiger partial charge in [0.15, 0.2) is 17.4 Å². The lowest BCUT2D eigenvalue weighted by atomic mass is 9.85. The number of methoxy groups -OCH3 is 2. The molecule has 19 heteroatoms. The number of allylic oxidation sites excluding steroid dienone is 4. The van der Waals surface area contributed by atoms with Crippen LogP contribution in [0.1, 0.15) is 186 Å². The second kappa shape index (κ2) is 25.9. The molecule has 0 radical (unpaired) electrons. The van der Waals surface area contributed by atoms with E-state index in [1.54, 1.807) is 4.90 Å². The second-order valence-electron chi connectivity index (χ2n) is 20.8. The Morgan fingerprint density at radius 3 is 1.44 bits per heavy atom. The van der Waals surface area contributed by atoms with E-state index in [0.29, 0.717) is 86.3 Å². The average Bonchev–Trinajstić information content (AvgIpc) is 2.45. The molecule has 3 amide bonds. The van der Waals surface area contributed by atoms with Crippen molar-refractivity contribution >= 4 is 92.1 Å². The summed E-state index contributed by atoms with van der Waals surface area (Å²) in [6, 6.07) is 3.26. The van der Waals surface area contributed by atoms with Crippen LogP contribution in [0.25, 0.3) is 0 Å². The lowest BCUT2D eigenvalue weighted by Crippen LogP contribution is -2.49. The lowest BCUT2D eigenvalue weighted by molar-refractivity contribution is -0.179. The molecule has 2 atom stereocenters. The third-order valence-electron chi connectivity index (χ3n) is 14.7. The monoisotopic (exact) mass is 1200 g/mol. The van der Waals surface area contributed by atoms with E-state index in [-0.39, 0.29) is 51.5 Å². The number of ketones is 1. The van der Waals surface area contributed by atoms with Crippen molar-refractivity contribution in [3.05, 3.63) is 52.9 Å². The minimum atomic E-state index is -2.94. The van der Waals surface area contributed by atoms with Crippen molar-refractivity contribution in [3.63, 3.8) is 0 Å². The number of esters is 2. The molecule has 2 spiro atoms. The van der Waals surface area contributed by atoms with Crippen LogP contribution in [0, 0.1) is 25.5 Å². The summed E-state index contributed by atoms with van der Waals surface area (Å²) < 4.78 is 101. The smallest absolute Gasteiger partial charge is 0.350 e. The largest absolute Gasteiger partial charge is 0.465 e. The fourth-order valence-electron chi connectivity index (χ4n) is 10.3. The summed E-state index contributed by atoms with van der Waals surface area (Å²) in [5, 5.41) is 0.610. The van der Waals surface area contributed by atoms with E-state index in [0.717, 1.165) is 86.7 Å². The maximum Gasteiger partial charge on any atom is 0.350 e. The van der Waals surface area contributed by atoms with Crippen LogP contribution >= 0.6 is 45.3 Å². The number of hydrogen-bond acceptors (Lipinski definition) is 15. The number of halogens is 1. The number of nitrogens with zero attached hydrogens (tertiary/aromatic N) is 3. The van der Waals surface area contributed by atoms with Gasteiger partial charge in [-0.05, 0) is 113 Å². The molecule has 75 heavy (non-hydrogen) atoms. The Kier molecular flexibility index (Phi) is 16.8. The molecular formula is C56H80IN3O13S2. The first-order valence-electron chi connectivity index (χ1n) is 30.1. The van der Waals surface area contributed by atoms with Gasteiger partial charge in [0.2, 0.25) is 11.8 Å². The summed E-state index contributed by atoms with van der Waals surface area (Å²) in [6.07, 6.45) is 14.5. The van der Waals surface area contributed by atoms with E-state index >= 15 is 0 Å². The van der Waals surface area contributed by atoms with Gasteiger partial charge in [-0.1, -0.05) is 64.6 Å². The summed E-state index contributed by atoms with van der Waals surface area (Å²) in [6.45, 7) is 1.76. The molecule has 416 valence electrons. The predicted molar refractivity (Wildman–Crippen MR) is 298 cm³/mol. The van der Waals surface area contributed by atoms with Crippen LogP contribution < -0.4 is 9.80 Å². The van der Waals surface area contributed by atoms with Gasteiger partial charge in [0.1, 0.15) is 9.75 Å². The molecule has 2 aromatic heterocycles. The lowest BCUT2D eigenvalue weighted by Gasteiger charge is -2.41. The Morgan fingerprint density at radius 1 is 0.653 bits per heavy atom. The van der Waals surface area contributed by atoms with Gasteiger partial charge < -0.3 is 38.2 Å². The summed E-state index contributed by atoms with van der Waals surface area (Å²) in [5.74, 6) is -4.14. The van der Waals surface area contributed by atoms with Crippen molar-refractivity contribution in [1.29, 1.82) is 0 Å². The van der Waals surface area contributed by atoms with Gasteiger partial charge in [-0.2, -0.15) is 0 Å². The maximum atomic E-state index is 14.1. The molecule has 16 nitrogen and oxygen atoms in total. The number of hydroxylamine groups is 2. The van der Waals surface area contributed by atoms with Crippen LogP contribution in [-0.4, -0.2) is 119 Å². The molecule has 0 unspecified atom stereocenters. The molecule has 2 aromatic rings. The van der Waals surface area contributed by atoms with Gasteiger partial charge in [0, 0.05) is 79.8 Å². The Balaban J connectivity index is 0.000000219. The van der Waals surface area contributed by atoms with Crippen molar-refractivity contribution in [1.82, 2.24) is 5.06 Å². The van der Waals surface area contributed by atoms with Crippen molar-refractivity contribution in [2.45, 2.75) is 169 Å². The minimum Gasteiger partial charge on any atom is -0.465 e. The van der Waals surface area contributed by atoms with E-state index in [1.165, 1.54) is 56.6 Å². The van der Waals surface area contributed by atoms with Crippen molar-refractivity contribution in [2.24, 2.45) is 22.7 Å². The van der Waals surface area contributed by atoms with E-state index in [1.807, 2.05) is 11.0 Å².